The summed E-state index contributed by atoms with van der Waals surface area (Å²) in [4.78, 5) is 24.2. The third-order valence-corrected chi connectivity index (χ3v) is 3.93. The second-order valence-electron chi connectivity index (χ2n) is 6.04. The maximum absolute atomic E-state index is 14.3. The van der Waals surface area contributed by atoms with E-state index in [0.717, 1.165) is 29.8 Å². The molecule has 3 aromatic rings. The number of ether oxygens (including phenoxy) is 2. The van der Waals surface area contributed by atoms with Gasteiger partial charge in [-0.05, 0) is 43.3 Å². The molecule has 3 aromatic carbocycles. The van der Waals surface area contributed by atoms with Gasteiger partial charge in [0.2, 0.25) is 0 Å². The van der Waals surface area contributed by atoms with E-state index in [0.29, 0.717) is 5.56 Å². The molecular weight excluding hydrogens is 380 g/mol. The van der Waals surface area contributed by atoms with Gasteiger partial charge in [-0.1, -0.05) is 17.7 Å². The third-order valence-electron chi connectivity index (χ3n) is 3.93. The van der Waals surface area contributed by atoms with Crippen molar-refractivity contribution < 1.29 is 27.8 Å². The van der Waals surface area contributed by atoms with Gasteiger partial charge < -0.3 is 9.47 Å². The molecule has 0 saturated carbocycles. The average molecular weight is 393 g/mol. The number of aryl methyl sites for hydroxylation is 1. The molecule has 0 heterocycles. The van der Waals surface area contributed by atoms with Crippen LogP contribution in [0.3, 0.4) is 0 Å². The van der Waals surface area contributed by atoms with Crippen molar-refractivity contribution in [3.8, 4) is 17.6 Å². The van der Waals surface area contributed by atoms with Crippen LogP contribution in [0.15, 0.2) is 60.7 Å². The van der Waals surface area contributed by atoms with E-state index >= 15 is 0 Å². The highest BCUT2D eigenvalue weighted by Gasteiger charge is 2.17. The third kappa shape index (κ3) is 4.62. The SMILES string of the molecule is Cc1ccc(C(=O)Oc2ccc(C(=O)Oc3ccc(C#N)c(F)c3)c(F)c2)cc1. The molecule has 29 heavy (non-hydrogen) atoms. The minimum Gasteiger partial charge on any atom is -0.423 e. The molecule has 144 valence electrons. The van der Waals surface area contributed by atoms with Crippen LogP contribution in [0.1, 0.15) is 31.8 Å². The summed E-state index contributed by atoms with van der Waals surface area (Å²) in [7, 11) is 0. The van der Waals surface area contributed by atoms with E-state index in [2.05, 4.69) is 0 Å². The summed E-state index contributed by atoms with van der Waals surface area (Å²) < 4.78 is 37.9. The van der Waals surface area contributed by atoms with Crippen LogP contribution in [0.25, 0.3) is 0 Å². The van der Waals surface area contributed by atoms with Gasteiger partial charge in [0.25, 0.3) is 0 Å². The monoisotopic (exact) mass is 393 g/mol. The fourth-order valence-electron chi connectivity index (χ4n) is 2.39. The quantitative estimate of drug-likeness (QED) is 0.479. The molecule has 0 saturated heterocycles. The van der Waals surface area contributed by atoms with Crippen molar-refractivity contribution in [3.05, 3.63) is 94.6 Å². The van der Waals surface area contributed by atoms with E-state index in [1.54, 1.807) is 30.3 Å². The van der Waals surface area contributed by atoms with Crippen LogP contribution in [0.5, 0.6) is 11.5 Å². The predicted octanol–water partition coefficient (Wildman–Crippen LogP) is 4.58. The Kier molecular flexibility index (Phi) is 5.65. The summed E-state index contributed by atoms with van der Waals surface area (Å²) in [5.74, 6) is -3.85. The van der Waals surface area contributed by atoms with Gasteiger partial charge in [-0.25, -0.2) is 18.4 Å². The van der Waals surface area contributed by atoms with Crippen LogP contribution >= 0.6 is 0 Å². The van der Waals surface area contributed by atoms with Gasteiger partial charge >= 0.3 is 11.9 Å². The Labute approximate surface area is 164 Å². The maximum Gasteiger partial charge on any atom is 0.346 e. The van der Waals surface area contributed by atoms with E-state index in [1.807, 2.05) is 6.92 Å². The van der Waals surface area contributed by atoms with Crippen LogP contribution in [-0.2, 0) is 0 Å². The van der Waals surface area contributed by atoms with Crippen molar-refractivity contribution in [1.82, 2.24) is 0 Å². The molecule has 0 radical (unpaired) electrons. The first-order chi connectivity index (χ1) is 13.9. The summed E-state index contributed by atoms with van der Waals surface area (Å²) in [6.07, 6.45) is 0. The van der Waals surface area contributed by atoms with E-state index in [-0.39, 0.29) is 17.1 Å². The van der Waals surface area contributed by atoms with Gasteiger partial charge in [0, 0.05) is 12.1 Å². The molecule has 0 spiro atoms. The van der Waals surface area contributed by atoms with Crippen LogP contribution in [0.4, 0.5) is 8.78 Å². The first-order valence-corrected chi connectivity index (χ1v) is 8.37. The molecular formula is C22H13F2NO4. The van der Waals surface area contributed by atoms with Crippen LogP contribution in [-0.4, -0.2) is 11.9 Å². The zero-order valence-electron chi connectivity index (χ0n) is 15.1. The van der Waals surface area contributed by atoms with Crippen molar-refractivity contribution >= 4 is 11.9 Å². The largest absolute Gasteiger partial charge is 0.423 e. The molecule has 0 aliphatic rings. The Hall–Kier alpha value is -4.05. The Balaban J connectivity index is 1.72. The number of carbonyl (C=O) groups is 2. The summed E-state index contributed by atoms with van der Waals surface area (Å²) >= 11 is 0. The predicted molar refractivity (Wildman–Crippen MR) is 98.6 cm³/mol. The molecule has 0 atom stereocenters. The number of nitriles is 1. The highest BCUT2D eigenvalue weighted by Crippen LogP contribution is 2.21. The maximum atomic E-state index is 14.3. The lowest BCUT2D eigenvalue weighted by Crippen LogP contribution is -2.12. The van der Waals surface area contributed by atoms with Gasteiger partial charge in [0.15, 0.2) is 0 Å². The lowest BCUT2D eigenvalue weighted by atomic mass is 10.1. The molecule has 0 fully saturated rings. The average Bonchev–Trinajstić information content (AvgIpc) is 2.68. The summed E-state index contributed by atoms with van der Waals surface area (Å²) in [6, 6.07) is 14.7. The van der Waals surface area contributed by atoms with Crippen LogP contribution in [0, 0.1) is 29.9 Å². The zero-order chi connectivity index (χ0) is 21.0. The molecule has 7 heteroatoms. The molecule has 0 unspecified atom stereocenters. The molecule has 0 bridgehead atoms. The first-order valence-electron chi connectivity index (χ1n) is 8.37. The molecule has 0 aliphatic heterocycles. The minimum atomic E-state index is -1.07. The number of nitrogens with zero attached hydrogens (tertiary/aromatic N) is 1. The number of rotatable bonds is 4. The number of halogens is 2. The zero-order valence-corrected chi connectivity index (χ0v) is 15.1. The lowest BCUT2D eigenvalue weighted by Gasteiger charge is -2.08. The van der Waals surface area contributed by atoms with Gasteiger partial charge in [-0.3, -0.25) is 0 Å². The summed E-state index contributed by atoms with van der Waals surface area (Å²) in [5, 5.41) is 8.70. The normalized spacial score (nSPS) is 10.1. The van der Waals surface area contributed by atoms with Gasteiger partial charge in [-0.15, -0.1) is 0 Å². The van der Waals surface area contributed by atoms with Crippen molar-refractivity contribution in [2.75, 3.05) is 0 Å². The van der Waals surface area contributed by atoms with Gasteiger partial charge in [0.05, 0.1) is 16.7 Å². The number of benzene rings is 3. The topological polar surface area (TPSA) is 76.4 Å². The molecule has 0 amide bonds. The van der Waals surface area contributed by atoms with E-state index in [1.165, 1.54) is 12.1 Å². The van der Waals surface area contributed by atoms with Crippen LogP contribution < -0.4 is 9.47 Å². The molecule has 0 aromatic heterocycles. The molecule has 5 nitrogen and oxygen atoms in total. The molecule has 0 aliphatic carbocycles. The minimum absolute atomic E-state index is 0.0888. The standard InChI is InChI=1S/C22H13F2NO4/c1-13-2-4-14(5-3-13)21(26)28-17-8-9-18(20(24)11-17)22(27)29-16-7-6-15(12-25)19(23)10-16/h2-11H,1H3. The molecule has 0 N–H and O–H groups in total. The summed E-state index contributed by atoms with van der Waals surface area (Å²) in [6.45, 7) is 1.87. The number of carbonyl (C=O) groups excluding carboxylic acids is 2. The van der Waals surface area contributed by atoms with Gasteiger partial charge in [0.1, 0.15) is 29.2 Å². The van der Waals surface area contributed by atoms with E-state index in [4.69, 9.17) is 14.7 Å². The number of hydrogen-bond acceptors (Lipinski definition) is 5. The lowest BCUT2D eigenvalue weighted by molar-refractivity contribution is 0.0728. The second-order valence-corrected chi connectivity index (χ2v) is 6.04. The van der Waals surface area contributed by atoms with Gasteiger partial charge in [-0.2, -0.15) is 5.26 Å². The van der Waals surface area contributed by atoms with E-state index < -0.39 is 29.1 Å². The van der Waals surface area contributed by atoms with Crippen molar-refractivity contribution in [3.63, 3.8) is 0 Å². The Morgan fingerprint density at radius 2 is 1.41 bits per heavy atom. The number of esters is 2. The smallest absolute Gasteiger partial charge is 0.346 e. The van der Waals surface area contributed by atoms with Crippen molar-refractivity contribution in [1.29, 1.82) is 5.26 Å². The van der Waals surface area contributed by atoms with Crippen LogP contribution in [0.2, 0.25) is 0 Å². The fourth-order valence-corrected chi connectivity index (χ4v) is 2.39. The van der Waals surface area contributed by atoms with E-state index in [9.17, 15) is 18.4 Å². The van der Waals surface area contributed by atoms with Crippen molar-refractivity contribution in [2.45, 2.75) is 6.92 Å². The second kappa shape index (κ2) is 8.31. The van der Waals surface area contributed by atoms with Crippen molar-refractivity contribution in [2.24, 2.45) is 0 Å². The Morgan fingerprint density at radius 1 is 0.828 bits per heavy atom. The fraction of sp³-hybridized carbons (Fsp3) is 0.0455. The Bertz CT molecular complexity index is 1130. The number of hydrogen-bond donors (Lipinski definition) is 0. The Morgan fingerprint density at radius 3 is 2.00 bits per heavy atom. The summed E-state index contributed by atoms with van der Waals surface area (Å²) in [5.41, 5.74) is 0.626. The highest BCUT2D eigenvalue weighted by molar-refractivity contribution is 5.93. The molecule has 3 rings (SSSR count). The first kappa shape index (κ1) is 19.7. The highest BCUT2D eigenvalue weighted by atomic mass is 19.1.